The number of pyridine rings is 1. The molecule has 0 bridgehead atoms. The van der Waals surface area contributed by atoms with Crippen molar-refractivity contribution in [1.82, 2.24) is 9.88 Å². The Labute approximate surface area is 202 Å². The Kier molecular flexibility index (Phi) is 6.20. The lowest BCUT2D eigenvalue weighted by atomic mass is 9.72. The van der Waals surface area contributed by atoms with Gasteiger partial charge in [-0.1, -0.05) is 18.2 Å². The van der Waals surface area contributed by atoms with E-state index in [-0.39, 0.29) is 29.7 Å². The summed E-state index contributed by atoms with van der Waals surface area (Å²) < 4.78 is 48.1. The first-order valence-electron chi connectivity index (χ1n) is 10.4. The molecule has 0 saturated carbocycles. The minimum atomic E-state index is -3.73. The normalized spacial score (nSPS) is 18.2. The first kappa shape index (κ1) is 24.1. The lowest BCUT2D eigenvalue weighted by molar-refractivity contribution is -0.131. The predicted octanol–water partition coefficient (Wildman–Crippen LogP) is 2.31. The molecule has 1 unspecified atom stereocenters. The number of ether oxygens (including phenoxy) is 1. The van der Waals surface area contributed by atoms with Gasteiger partial charge in [0, 0.05) is 24.4 Å². The van der Waals surface area contributed by atoms with E-state index < -0.39 is 21.4 Å². The number of methoxy groups -OCH3 is 1. The fourth-order valence-electron chi connectivity index (χ4n) is 4.02. The number of hydrogen-bond donors (Lipinski definition) is 1. The number of guanidine groups is 1. The van der Waals surface area contributed by atoms with Crippen LogP contribution in [0.4, 0.5) is 4.39 Å². The highest BCUT2D eigenvalue weighted by molar-refractivity contribution is 7.86. The summed E-state index contributed by atoms with van der Waals surface area (Å²) >= 11 is 0. The second kappa shape index (κ2) is 8.99. The van der Waals surface area contributed by atoms with E-state index in [4.69, 9.17) is 14.7 Å². The quantitative estimate of drug-likeness (QED) is 0.517. The molecule has 9 nitrogen and oxygen atoms in total. The number of carbonyl (C=O) groups excluding carboxylic acids is 1. The molecular formula is C24H23FN4O5S. The summed E-state index contributed by atoms with van der Waals surface area (Å²) in [7, 11) is -0.736. The van der Waals surface area contributed by atoms with E-state index in [1.54, 1.807) is 24.3 Å². The number of carbonyl (C=O) groups is 1. The summed E-state index contributed by atoms with van der Waals surface area (Å²) in [5.74, 6) is -0.275. The second-order valence-electron chi connectivity index (χ2n) is 8.06. The summed E-state index contributed by atoms with van der Waals surface area (Å²) in [6, 6.07) is 12.1. The van der Waals surface area contributed by atoms with Gasteiger partial charge in [0.25, 0.3) is 0 Å². The van der Waals surface area contributed by atoms with Gasteiger partial charge in [-0.15, -0.1) is 0 Å². The molecule has 11 heteroatoms. The Bertz CT molecular complexity index is 1430. The van der Waals surface area contributed by atoms with Crippen molar-refractivity contribution < 1.29 is 26.5 Å². The molecule has 4 rings (SSSR count). The van der Waals surface area contributed by atoms with Crippen molar-refractivity contribution in [2.75, 3.05) is 27.0 Å². The third-order valence-electron chi connectivity index (χ3n) is 5.81. The van der Waals surface area contributed by atoms with Crippen molar-refractivity contribution in [2.24, 2.45) is 10.7 Å². The SMILES string of the molecule is COc1cncc(-c2cc(C3(c4ccc(OS(C)(=O)=O)cc4)CN=C(N)N(C)C3=O)ccc2F)c1. The summed E-state index contributed by atoms with van der Waals surface area (Å²) in [6.07, 6.45) is 3.94. The van der Waals surface area contributed by atoms with Gasteiger partial charge in [-0.2, -0.15) is 8.42 Å². The fraction of sp³-hybridized carbons (Fsp3) is 0.208. The topological polar surface area (TPSA) is 124 Å². The average molecular weight is 499 g/mol. The predicted molar refractivity (Wildman–Crippen MR) is 128 cm³/mol. The van der Waals surface area contributed by atoms with Crippen LogP contribution < -0.4 is 14.7 Å². The largest absolute Gasteiger partial charge is 0.495 e. The third-order valence-corrected chi connectivity index (χ3v) is 6.30. The Morgan fingerprint density at radius 2 is 1.74 bits per heavy atom. The lowest BCUT2D eigenvalue weighted by Crippen LogP contribution is -2.56. The third kappa shape index (κ3) is 4.54. The number of nitrogens with two attached hydrogens (primary N) is 1. The van der Waals surface area contributed by atoms with Crippen LogP contribution in [0.25, 0.3) is 11.1 Å². The van der Waals surface area contributed by atoms with E-state index in [9.17, 15) is 17.6 Å². The van der Waals surface area contributed by atoms with E-state index in [0.29, 0.717) is 22.4 Å². The van der Waals surface area contributed by atoms with Crippen LogP contribution >= 0.6 is 0 Å². The van der Waals surface area contributed by atoms with E-state index in [1.807, 2.05) is 0 Å². The van der Waals surface area contributed by atoms with Crippen LogP contribution in [0.5, 0.6) is 11.5 Å². The highest BCUT2D eigenvalue weighted by atomic mass is 32.2. The molecule has 0 fully saturated rings. The minimum absolute atomic E-state index is 0.0320. The monoisotopic (exact) mass is 498 g/mol. The number of aliphatic imine (C=N–C) groups is 1. The van der Waals surface area contributed by atoms with Gasteiger partial charge in [0.05, 0.1) is 26.1 Å². The highest BCUT2D eigenvalue weighted by Crippen LogP contribution is 2.40. The molecule has 0 radical (unpaired) electrons. The van der Waals surface area contributed by atoms with Crippen molar-refractivity contribution in [2.45, 2.75) is 5.41 Å². The van der Waals surface area contributed by atoms with Crippen molar-refractivity contribution in [3.63, 3.8) is 0 Å². The zero-order chi connectivity index (χ0) is 25.4. The lowest BCUT2D eigenvalue weighted by Gasteiger charge is -2.39. The molecule has 1 aliphatic rings. The number of nitrogens with zero attached hydrogens (tertiary/aromatic N) is 3. The maximum Gasteiger partial charge on any atom is 0.306 e. The molecule has 0 spiro atoms. The Morgan fingerprint density at radius 3 is 2.40 bits per heavy atom. The molecule has 0 aliphatic carbocycles. The van der Waals surface area contributed by atoms with Crippen molar-refractivity contribution in [1.29, 1.82) is 0 Å². The van der Waals surface area contributed by atoms with Crippen molar-refractivity contribution in [3.05, 3.63) is 77.9 Å². The van der Waals surface area contributed by atoms with Gasteiger partial charge in [0.15, 0.2) is 5.96 Å². The molecule has 1 aliphatic heterocycles. The number of amides is 1. The molecule has 0 saturated heterocycles. The van der Waals surface area contributed by atoms with E-state index in [2.05, 4.69) is 9.98 Å². The molecular weight excluding hydrogens is 475 g/mol. The van der Waals surface area contributed by atoms with Crippen molar-refractivity contribution in [3.8, 4) is 22.6 Å². The van der Waals surface area contributed by atoms with Crippen molar-refractivity contribution >= 4 is 22.0 Å². The first-order valence-corrected chi connectivity index (χ1v) is 12.2. The molecule has 2 N–H and O–H groups in total. The maximum absolute atomic E-state index is 14.9. The van der Waals surface area contributed by atoms with Gasteiger partial charge in [-0.25, -0.2) is 4.39 Å². The number of rotatable bonds is 6. The number of benzene rings is 2. The molecule has 1 aromatic heterocycles. The van der Waals surface area contributed by atoms with Gasteiger partial charge >= 0.3 is 10.1 Å². The average Bonchev–Trinajstić information content (AvgIpc) is 2.83. The summed E-state index contributed by atoms with van der Waals surface area (Å²) in [5, 5.41) is 0. The first-order chi connectivity index (χ1) is 16.5. The van der Waals surface area contributed by atoms with Crippen LogP contribution in [0.2, 0.25) is 0 Å². The Balaban J connectivity index is 1.90. The molecule has 2 heterocycles. The standard InChI is InChI=1S/C24H23FN4O5S/c1-29-22(30)24(14-28-23(29)26,16-4-7-18(8-5-16)34-35(3,31)32)17-6-9-21(25)20(11-17)15-10-19(33-2)13-27-12-15/h4-13H,14H2,1-3H3,(H2,26,28). The highest BCUT2D eigenvalue weighted by Gasteiger charge is 2.47. The minimum Gasteiger partial charge on any atom is -0.495 e. The van der Waals surface area contributed by atoms with Crippen LogP contribution in [-0.2, 0) is 20.3 Å². The summed E-state index contributed by atoms with van der Waals surface area (Å²) in [4.78, 5) is 23.4. The molecule has 35 heavy (non-hydrogen) atoms. The summed E-state index contributed by atoms with van der Waals surface area (Å²) in [5.41, 5.74) is 6.23. The van der Waals surface area contributed by atoms with Crippen LogP contribution in [0, 0.1) is 5.82 Å². The smallest absolute Gasteiger partial charge is 0.306 e. The zero-order valence-electron chi connectivity index (χ0n) is 19.2. The molecule has 3 aromatic rings. The number of halogens is 1. The van der Waals surface area contributed by atoms with Crippen LogP contribution in [0.3, 0.4) is 0 Å². The molecule has 1 atom stereocenters. The Morgan fingerprint density at radius 1 is 1.06 bits per heavy atom. The number of likely N-dealkylation sites (N-methyl/N-ethyl adjacent to an activating group) is 1. The van der Waals surface area contributed by atoms with Gasteiger partial charge in [0.1, 0.15) is 22.7 Å². The van der Waals surface area contributed by atoms with Crippen LogP contribution in [0.1, 0.15) is 11.1 Å². The van der Waals surface area contributed by atoms with Gasteiger partial charge in [-0.05, 0) is 41.5 Å². The molecule has 182 valence electrons. The van der Waals surface area contributed by atoms with Crippen LogP contribution in [0.15, 0.2) is 65.9 Å². The second-order valence-corrected chi connectivity index (χ2v) is 9.64. The maximum atomic E-state index is 14.9. The van der Waals surface area contributed by atoms with Gasteiger partial charge < -0.3 is 14.7 Å². The van der Waals surface area contributed by atoms with E-state index in [1.165, 1.54) is 55.7 Å². The van der Waals surface area contributed by atoms with E-state index in [0.717, 1.165) is 6.26 Å². The van der Waals surface area contributed by atoms with E-state index >= 15 is 0 Å². The molecule has 1 amide bonds. The van der Waals surface area contributed by atoms with Crippen LogP contribution in [-0.4, -0.2) is 57.1 Å². The molecule has 2 aromatic carbocycles. The fourth-order valence-corrected chi connectivity index (χ4v) is 4.48. The van der Waals surface area contributed by atoms with Gasteiger partial charge in [0.2, 0.25) is 5.91 Å². The zero-order valence-corrected chi connectivity index (χ0v) is 20.0. The Hall–Kier alpha value is -3.99. The number of aromatic nitrogens is 1. The summed E-state index contributed by atoms with van der Waals surface area (Å²) in [6.45, 7) is -0.0320. The van der Waals surface area contributed by atoms with Gasteiger partial charge in [-0.3, -0.25) is 19.7 Å². The number of hydrogen-bond acceptors (Lipinski definition) is 8.